The van der Waals surface area contributed by atoms with E-state index < -0.39 is 0 Å². The highest BCUT2D eigenvalue weighted by Crippen LogP contribution is 2.20. The average molecular weight is 266 g/mol. The van der Waals surface area contributed by atoms with Crippen molar-refractivity contribution in [2.24, 2.45) is 0 Å². The maximum absolute atomic E-state index is 11.9. The summed E-state index contributed by atoms with van der Waals surface area (Å²) >= 11 is 1.17. The standard InChI is InChI=1S/C14H18O3S/c1-4-17-13(15)9-11(3)18-14(16)12-7-5-10(2)6-8-12/h5-8,11H,4,9H2,1-3H3. The van der Waals surface area contributed by atoms with Crippen LogP contribution in [0, 0.1) is 6.92 Å². The molecule has 0 amide bonds. The van der Waals surface area contributed by atoms with Gasteiger partial charge in [0.25, 0.3) is 0 Å². The number of carbonyl (C=O) groups is 2. The predicted molar refractivity (Wildman–Crippen MR) is 73.8 cm³/mol. The summed E-state index contributed by atoms with van der Waals surface area (Å²) in [6.07, 6.45) is 0.260. The van der Waals surface area contributed by atoms with E-state index in [4.69, 9.17) is 4.74 Å². The van der Waals surface area contributed by atoms with Crippen LogP contribution in [0.1, 0.15) is 36.2 Å². The molecule has 18 heavy (non-hydrogen) atoms. The molecule has 0 N–H and O–H groups in total. The molecule has 98 valence electrons. The van der Waals surface area contributed by atoms with Crippen LogP contribution in [-0.2, 0) is 9.53 Å². The Labute approximate surface area is 112 Å². The highest BCUT2D eigenvalue weighted by atomic mass is 32.2. The van der Waals surface area contributed by atoms with Crippen LogP contribution in [0.5, 0.6) is 0 Å². The summed E-state index contributed by atoms with van der Waals surface area (Å²) in [5.74, 6) is -0.255. The molecule has 1 aromatic rings. The second-order valence-electron chi connectivity index (χ2n) is 4.09. The zero-order chi connectivity index (χ0) is 13.5. The van der Waals surface area contributed by atoms with Crippen molar-refractivity contribution in [1.82, 2.24) is 0 Å². The number of esters is 1. The number of carbonyl (C=O) groups excluding carboxylic acids is 2. The van der Waals surface area contributed by atoms with E-state index in [-0.39, 0.29) is 22.8 Å². The summed E-state index contributed by atoms with van der Waals surface area (Å²) in [6, 6.07) is 7.43. The summed E-state index contributed by atoms with van der Waals surface area (Å²) in [7, 11) is 0. The molecule has 3 nitrogen and oxygen atoms in total. The first-order valence-electron chi connectivity index (χ1n) is 5.96. The molecule has 0 fully saturated rings. The van der Waals surface area contributed by atoms with Crippen molar-refractivity contribution >= 4 is 22.8 Å². The van der Waals surface area contributed by atoms with E-state index in [1.165, 1.54) is 11.8 Å². The maximum atomic E-state index is 11.9. The van der Waals surface area contributed by atoms with Crippen LogP contribution in [0.3, 0.4) is 0 Å². The largest absolute Gasteiger partial charge is 0.466 e. The molecule has 0 saturated carbocycles. The Bertz CT molecular complexity index is 412. The molecule has 0 saturated heterocycles. The van der Waals surface area contributed by atoms with E-state index in [1.54, 1.807) is 6.92 Å². The molecule has 0 spiro atoms. The number of thioether (sulfide) groups is 1. The molecule has 0 bridgehead atoms. The third-order valence-electron chi connectivity index (χ3n) is 2.35. The first-order valence-corrected chi connectivity index (χ1v) is 6.84. The minimum absolute atomic E-state index is 0.00759. The summed E-state index contributed by atoms with van der Waals surface area (Å²) in [5.41, 5.74) is 1.79. The first kappa shape index (κ1) is 14.8. The lowest BCUT2D eigenvalue weighted by atomic mass is 10.2. The fraction of sp³-hybridized carbons (Fsp3) is 0.429. The van der Waals surface area contributed by atoms with Gasteiger partial charge in [-0.3, -0.25) is 9.59 Å². The average Bonchev–Trinajstić information content (AvgIpc) is 2.29. The van der Waals surface area contributed by atoms with Crippen LogP contribution in [0.15, 0.2) is 24.3 Å². The summed E-state index contributed by atoms with van der Waals surface area (Å²) in [5, 5.41) is -0.0790. The number of aryl methyl sites for hydroxylation is 1. The van der Waals surface area contributed by atoms with E-state index in [0.29, 0.717) is 12.2 Å². The van der Waals surface area contributed by atoms with Gasteiger partial charge in [0, 0.05) is 10.8 Å². The van der Waals surface area contributed by atoms with Gasteiger partial charge < -0.3 is 4.74 Å². The fourth-order valence-electron chi connectivity index (χ4n) is 1.44. The zero-order valence-electron chi connectivity index (χ0n) is 10.9. The smallest absolute Gasteiger partial charge is 0.306 e. The minimum Gasteiger partial charge on any atom is -0.466 e. The second-order valence-corrected chi connectivity index (χ2v) is 5.50. The van der Waals surface area contributed by atoms with Crippen molar-refractivity contribution < 1.29 is 14.3 Å². The molecule has 1 unspecified atom stereocenters. The lowest BCUT2D eigenvalue weighted by Crippen LogP contribution is -2.12. The second kappa shape index (κ2) is 7.21. The van der Waals surface area contributed by atoms with Crippen LogP contribution in [0.2, 0.25) is 0 Å². The molecule has 0 aromatic heterocycles. The van der Waals surface area contributed by atoms with Crippen molar-refractivity contribution in [3.05, 3.63) is 35.4 Å². The summed E-state index contributed by atoms with van der Waals surface area (Å²) < 4.78 is 4.85. The summed E-state index contributed by atoms with van der Waals surface area (Å²) in [4.78, 5) is 23.2. The van der Waals surface area contributed by atoms with Crippen LogP contribution in [0.4, 0.5) is 0 Å². The highest BCUT2D eigenvalue weighted by molar-refractivity contribution is 8.14. The molecule has 0 radical (unpaired) electrons. The van der Waals surface area contributed by atoms with Gasteiger partial charge in [0.1, 0.15) is 0 Å². The Morgan fingerprint density at radius 2 is 1.89 bits per heavy atom. The van der Waals surface area contributed by atoms with Gasteiger partial charge in [0.05, 0.1) is 13.0 Å². The van der Waals surface area contributed by atoms with Gasteiger partial charge in [-0.25, -0.2) is 0 Å². The van der Waals surface area contributed by atoms with Gasteiger partial charge in [0.15, 0.2) is 0 Å². The van der Waals surface area contributed by atoms with Crippen molar-refractivity contribution in [1.29, 1.82) is 0 Å². The van der Waals surface area contributed by atoms with E-state index in [0.717, 1.165) is 5.56 Å². The topological polar surface area (TPSA) is 43.4 Å². The molecule has 0 aliphatic heterocycles. The Morgan fingerprint density at radius 3 is 2.44 bits per heavy atom. The Balaban J connectivity index is 2.49. The molecule has 0 aliphatic rings. The van der Waals surface area contributed by atoms with Crippen molar-refractivity contribution in [2.75, 3.05) is 6.61 Å². The Morgan fingerprint density at radius 1 is 1.28 bits per heavy atom. The number of rotatable bonds is 5. The van der Waals surface area contributed by atoms with E-state index >= 15 is 0 Å². The van der Waals surface area contributed by atoms with E-state index in [1.807, 2.05) is 38.1 Å². The zero-order valence-corrected chi connectivity index (χ0v) is 11.8. The maximum Gasteiger partial charge on any atom is 0.306 e. The minimum atomic E-state index is -0.255. The number of hydrogen-bond acceptors (Lipinski definition) is 4. The van der Waals surface area contributed by atoms with Gasteiger partial charge in [-0.05, 0) is 13.8 Å². The monoisotopic (exact) mass is 266 g/mol. The van der Waals surface area contributed by atoms with Crippen LogP contribution in [-0.4, -0.2) is 22.9 Å². The molecular weight excluding hydrogens is 248 g/mol. The summed E-state index contributed by atoms with van der Waals surface area (Å²) in [6.45, 7) is 5.98. The van der Waals surface area contributed by atoms with Gasteiger partial charge in [-0.1, -0.05) is 48.5 Å². The molecule has 4 heteroatoms. The molecule has 1 rings (SSSR count). The quantitative estimate of drug-likeness (QED) is 0.768. The highest BCUT2D eigenvalue weighted by Gasteiger charge is 2.15. The van der Waals surface area contributed by atoms with Crippen molar-refractivity contribution in [2.45, 2.75) is 32.4 Å². The third-order valence-corrected chi connectivity index (χ3v) is 3.37. The van der Waals surface area contributed by atoms with Crippen molar-refractivity contribution in [3.8, 4) is 0 Å². The van der Waals surface area contributed by atoms with Gasteiger partial charge >= 0.3 is 5.97 Å². The third kappa shape index (κ3) is 4.92. The SMILES string of the molecule is CCOC(=O)CC(C)SC(=O)c1ccc(C)cc1. The fourth-order valence-corrected chi connectivity index (χ4v) is 2.29. The van der Waals surface area contributed by atoms with E-state index in [9.17, 15) is 9.59 Å². The number of ether oxygens (including phenoxy) is 1. The molecular formula is C14H18O3S. The van der Waals surface area contributed by atoms with Gasteiger partial charge in [-0.15, -0.1) is 0 Å². The van der Waals surface area contributed by atoms with Crippen LogP contribution in [0.25, 0.3) is 0 Å². The number of hydrogen-bond donors (Lipinski definition) is 0. The lowest BCUT2D eigenvalue weighted by molar-refractivity contribution is -0.142. The van der Waals surface area contributed by atoms with E-state index in [2.05, 4.69) is 0 Å². The molecule has 1 aromatic carbocycles. The predicted octanol–water partition coefficient (Wildman–Crippen LogP) is 3.21. The Kier molecular flexibility index (Phi) is 5.92. The number of benzene rings is 1. The van der Waals surface area contributed by atoms with Gasteiger partial charge in [0.2, 0.25) is 5.12 Å². The molecule has 0 aliphatic carbocycles. The molecule has 0 heterocycles. The normalized spacial score (nSPS) is 11.9. The molecule has 1 atom stereocenters. The Hall–Kier alpha value is -1.29. The lowest BCUT2D eigenvalue weighted by Gasteiger charge is -2.09. The van der Waals surface area contributed by atoms with Gasteiger partial charge in [-0.2, -0.15) is 0 Å². The van der Waals surface area contributed by atoms with Crippen molar-refractivity contribution in [3.63, 3.8) is 0 Å². The van der Waals surface area contributed by atoms with Crippen LogP contribution >= 0.6 is 11.8 Å². The first-order chi connectivity index (χ1) is 8.52. The van der Waals surface area contributed by atoms with Crippen LogP contribution < -0.4 is 0 Å².